The summed E-state index contributed by atoms with van der Waals surface area (Å²) in [4.78, 5) is 0. The SMILES string of the molecule is c1ccc2c(c1)OCc1c(-c3cccc4ccccc34)nnn1-2. The van der Waals surface area contributed by atoms with Crippen molar-refractivity contribution in [2.45, 2.75) is 6.61 Å². The van der Waals surface area contributed by atoms with Gasteiger partial charge in [-0.25, -0.2) is 4.68 Å². The van der Waals surface area contributed by atoms with E-state index < -0.39 is 0 Å². The highest BCUT2D eigenvalue weighted by atomic mass is 16.5. The second-order valence-corrected chi connectivity index (χ2v) is 5.58. The maximum absolute atomic E-state index is 5.88. The number of aromatic nitrogens is 3. The van der Waals surface area contributed by atoms with Crippen LogP contribution in [-0.2, 0) is 6.61 Å². The third-order valence-electron chi connectivity index (χ3n) is 4.27. The van der Waals surface area contributed by atoms with Crippen molar-refractivity contribution in [2.24, 2.45) is 0 Å². The number of fused-ring (bicyclic) bond motifs is 4. The van der Waals surface area contributed by atoms with E-state index in [0.29, 0.717) is 6.61 Å². The Hall–Kier alpha value is -3.14. The Balaban J connectivity index is 1.76. The molecule has 4 nitrogen and oxygen atoms in total. The van der Waals surface area contributed by atoms with Crippen molar-refractivity contribution in [1.82, 2.24) is 15.0 Å². The minimum atomic E-state index is 0.475. The van der Waals surface area contributed by atoms with Crippen molar-refractivity contribution in [3.63, 3.8) is 0 Å². The Labute approximate surface area is 132 Å². The maximum Gasteiger partial charge on any atom is 0.145 e. The number of hydrogen-bond donors (Lipinski definition) is 0. The number of hydrogen-bond acceptors (Lipinski definition) is 3. The van der Waals surface area contributed by atoms with E-state index in [2.05, 4.69) is 40.6 Å². The minimum absolute atomic E-state index is 0.475. The Morgan fingerprint density at radius 3 is 2.70 bits per heavy atom. The summed E-state index contributed by atoms with van der Waals surface area (Å²) in [5.74, 6) is 0.842. The van der Waals surface area contributed by atoms with Crippen LogP contribution in [0.5, 0.6) is 5.75 Å². The monoisotopic (exact) mass is 299 g/mol. The van der Waals surface area contributed by atoms with Crippen LogP contribution in [0.2, 0.25) is 0 Å². The van der Waals surface area contributed by atoms with Crippen molar-refractivity contribution < 1.29 is 4.74 Å². The van der Waals surface area contributed by atoms with Crippen molar-refractivity contribution in [1.29, 1.82) is 0 Å². The standard InChI is InChI=1S/C19H13N3O/c1-2-8-14-13(6-1)7-5-9-15(14)19-17-12-23-18-11-4-3-10-16(18)22(17)21-20-19/h1-11H,12H2. The van der Waals surface area contributed by atoms with Gasteiger partial charge >= 0.3 is 0 Å². The van der Waals surface area contributed by atoms with Crippen LogP contribution in [0, 0.1) is 0 Å². The average Bonchev–Trinajstić information content (AvgIpc) is 3.05. The molecule has 0 radical (unpaired) electrons. The fraction of sp³-hybridized carbons (Fsp3) is 0.0526. The van der Waals surface area contributed by atoms with Crippen LogP contribution in [0.15, 0.2) is 66.7 Å². The number of ether oxygens (including phenoxy) is 1. The van der Waals surface area contributed by atoms with Crippen LogP contribution in [-0.4, -0.2) is 15.0 Å². The Morgan fingerprint density at radius 2 is 1.70 bits per heavy atom. The first kappa shape index (κ1) is 12.4. The van der Waals surface area contributed by atoms with Crippen molar-refractivity contribution in [3.8, 4) is 22.7 Å². The average molecular weight is 299 g/mol. The fourth-order valence-corrected chi connectivity index (χ4v) is 3.17. The molecule has 23 heavy (non-hydrogen) atoms. The third kappa shape index (κ3) is 1.78. The zero-order chi connectivity index (χ0) is 15.2. The van der Waals surface area contributed by atoms with Gasteiger partial charge in [-0.2, -0.15) is 0 Å². The second kappa shape index (κ2) is 4.68. The van der Waals surface area contributed by atoms with E-state index in [1.807, 2.05) is 41.1 Å². The largest absolute Gasteiger partial charge is 0.485 e. The summed E-state index contributed by atoms with van der Waals surface area (Å²) in [6.45, 7) is 0.475. The lowest BCUT2D eigenvalue weighted by Gasteiger charge is -2.18. The van der Waals surface area contributed by atoms with Gasteiger partial charge in [0, 0.05) is 5.56 Å². The van der Waals surface area contributed by atoms with Crippen LogP contribution < -0.4 is 4.74 Å². The van der Waals surface area contributed by atoms with Gasteiger partial charge in [0.25, 0.3) is 0 Å². The molecular weight excluding hydrogens is 286 g/mol. The highest BCUT2D eigenvalue weighted by molar-refractivity contribution is 5.96. The highest BCUT2D eigenvalue weighted by Gasteiger charge is 2.23. The van der Waals surface area contributed by atoms with Crippen molar-refractivity contribution in [2.75, 3.05) is 0 Å². The first-order valence-corrected chi connectivity index (χ1v) is 7.57. The fourth-order valence-electron chi connectivity index (χ4n) is 3.17. The molecule has 1 aromatic heterocycles. The molecule has 1 aliphatic heterocycles. The van der Waals surface area contributed by atoms with Gasteiger partial charge in [-0.3, -0.25) is 0 Å². The molecule has 0 saturated heterocycles. The minimum Gasteiger partial charge on any atom is -0.485 e. The first-order chi connectivity index (χ1) is 11.4. The van der Waals surface area contributed by atoms with Gasteiger partial charge in [-0.15, -0.1) is 5.10 Å². The van der Waals surface area contributed by atoms with Crippen LogP contribution in [0.4, 0.5) is 0 Å². The van der Waals surface area contributed by atoms with E-state index in [0.717, 1.165) is 28.4 Å². The molecule has 0 atom stereocenters. The van der Waals surface area contributed by atoms with Gasteiger partial charge in [0.05, 0.1) is 0 Å². The molecule has 0 unspecified atom stereocenters. The molecule has 2 heterocycles. The molecule has 5 rings (SSSR count). The molecule has 4 heteroatoms. The molecule has 0 amide bonds. The normalized spacial score (nSPS) is 12.5. The molecular formula is C19H13N3O. The predicted molar refractivity (Wildman–Crippen MR) is 88.6 cm³/mol. The van der Waals surface area contributed by atoms with Crippen LogP contribution >= 0.6 is 0 Å². The number of para-hydroxylation sites is 2. The zero-order valence-corrected chi connectivity index (χ0v) is 12.3. The molecule has 1 aliphatic rings. The third-order valence-corrected chi connectivity index (χ3v) is 4.27. The first-order valence-electron chi connectivity index (χ1n) is 7.57. The van der Waals surface area contributed by atoms with Crippen molar-refractivity contribution >= 4 is 10.8 Å². The number of nitrogens with zero attached hydrogens (tertiary/aromatic N) is 3. The molecule has 0 aliphatic carbocycles. The summed E-state index contributed by atoms with van der Waals surface area (Å²) >= 11 is 0. The smallest absolute Gasteiger partial charge is 0.145 e. The Kier molecular flexibility index (Phi) is 2.52. The van der Waals surface area contributed by atoms with Crippen molar-refractivity contribution in [3.05, 3.63) is 72.4 Å². The topological polar surface area (TPSA) is 39.9 Å². The van der Waals surface area contributed by atoms with E-state index in [-0.39, 0.29) is 0 Å². The van der Waals surface area contributed by atoms with E-state index in [1.165, 1.54) is 10.8 Å². The molecule has 0 bridgehead atoms. The molecule has 0 N–H and O–H groups in total. The zero-order valence-electron chi connectivity index (χ0n) is 12.3. The summed E-state index contributed by atoms with van der Waals surface area (Å²) in [7, 11) is 0. The van der Waals surface area contributed by atoms with Crippen LogP contribution in [0.1, 0.15) is 5.69 Å². The molecule has 3 aromatic carbocycles. The van der Waals surface area contributed by atoms with Crippen LogP contribution in [0.3, 0.4) is 0 Å². The predicted octanol–water partition coefficient (Wildman–Crippen LogP) is 3.98. The Bertz CT molecular complexity index is 1030. The summed E-state index contributed by atoms with van der Waals surface area (Å²) in [6, 6.07) is 22.5. The lowest BCUT2D eigenvalue weighted by molar-refractivity contribution is 0.282. The van der Waals surface area contributed by atoms with Gasteiger partial charge in [-0.05, 0) is 22.9 Å². The summed E-state index contributed by atoms with van der Waals surface area (Å²) in [5.41, 5.74) is 3.90. The maximum atomic E-state index is 5.88. The molecule has 4 aromatic rings. The van der Waals surface area contributed by atoms with E-state index >= 15 is 0 Å². The molecule has 110 valence electrons. The summed E-state index contributed by atoms with van der Waals surface area (Å²) in [5, 5.41) is 11.2. The highest BCUT2D eigenvalue weighted by Crippen LogP contribution is 2.35. The molecule has 0 fully saturated rings. The van der Waals surface area contributed by atoms with E-state index in [1.54, 1.807) is 0 Å². The molecule has 0 spiro atoms. The number of benzene rings is 3. The second-order valence-electron chi connectivity index (χ2n) is 5.58. The quantitative estimate of drug-likeness (QED) is 0.534. The van der Waals surface area contributed by atoms with Gasteiger partial charge < -0.3 is 4.74 Å². The van der Waals surface area contributed by atoms with Gasteiger partial charge in [-0.1, -0.05) is 59.8 Å². The van der Waals surface area contributed by atoms with E-state index in [9.17, 15) is 0 Å². The summed E-state index contributed by atoms with van der Waals surface area (Å²) in [6.07, 6.45) is 0. The number of rotatable bonds is 1. The van der Waals surface area contributed by atoms with Gasteiger partial charge in [0.2, 0.25) is 0 Å². The van der Waals surface area contributed by atoms with E-state index in [4.69, 9.17) is 4.74 Å². The lowest BCUT2D eigenvalue weighted by atomic mass is 10.0. The molecule has 0 saturated carbocycles. The lowest BCUT2D eigenvalue weighted by Crippen LogP contribution is -2.13. The van der Waals surface area contributed by atoms with Gasteiger partial charge in [0.1, 0.15) is 29.4 Å². The summed E-state index contributed by atoms with van der Waals surface area (Å²) < 4.78 is 7.77. The van der Waals surface area contributed by atoms with Gasteiger partial charge in [0.15, 0.2) is 0 Å². The Morgan fingerprint density at radius 1 is 0.870 bits per heavy atom. The van der Waals surface area contributed by atoms with Crippen LogP contribution in [0.25, 0.3) is 27.7 Å².